The molecule has 7 heteroatoms. The summed E-state index contributed by atoms with van der Waals surface area (Å²) in [6.45, 7) is 2.65. The minimum atomic E-state index is -0.158. The van der Waals surface area contributed by atoms with Gasteiger partial charge in [0.15, 0.2) is 0 Å². The maximum Gasteiger partial charge on any atom is 0.224 e. The molecule has 0 spiro atoms. The Bertz CT molecular complexity index is 388. The second-order valence-corrected chi connectivity index (χ2v) is 4.24. The van der Waals surface area contributed by atoms with Gasteiger partial charge >= 0.3 is 0 Å². The van der Waals surface area contributed by atoms with Crippen LogP contribution in [0.1, 0.15) is 12.5 Å². The van der Waals surface area contributed by atoms with E-state index in [1.165, 1.54) is 0 Å². The Balaban J connectivity index is 0. The van der Waals surface area contributed by atoms with E-state index >= 15 is 0 Å². The lowest BCUT2D eigenvalue weighted by molar-refractivity contribution is -0.124. The molecule has 0 fully saturated rings. The Hall–Kier alpha value is -1.04. The molecule has 3 N–H and O–H groups in total. The molecule has 1 rings (SSSR count). The lowest BCUT2D eigenvalue weighted by Gasteiger charge is -2.16. The molecule has 1 heterocycles. The summed E-state index contributed by atoms with van der Waals surface area (Å²) < 4.78 is 0. The molecule has 0 aliphatic rings. The monoisotopic (exact) mass is 308 g/mol. The molecular weight excluding hydrogens is 287 g/mol. The van der Waals surface area contributed by atoms with E-state index in [9.17, 15) is 4.79 Å². The zero-order valence-electron chi connectivity index (χ0n) is 11.4. The van der Waals surface area contributed by atoms with Crippen LogP contribution in [0.4, 0.5) is 5.82 Å². The highest BCUT2D eigenvalue weighted by Crippen LogP contribution is 2.13. The van der Waals surface area contributed by atoms with Crippen molar-refractivity contribution < 1.29 is 4.79 Å². The predicted molar refractivity (Wildman–Crippen MR) is 83.1 cm³/mol. The molecule has 1 amide bonds. The maximum atomic E-state index is 11.6. The van der Waals surface area contributed by atoms with E-state index in [1.807, 2.05) is 38.1 Å². The van der Waals surface area contributed by atoms with Gasteiger partial charge in [-0.05, 0) is 6.07 Å². The van der Waals surface area contributed by atoms with Crippen LogP contribution in [-0.2, 0) is 11.3 Å². The number of nitrogens with zero attached hydrogens (tertiary/aromatic N) is 2. The molecule has 0 aliphatic heterocycles. The Morgan fingerprint density at radius 1 is 1.47 bits per heavy atom. The van der Waals surface area contributed by atoms with E-state index in [1.54, 1.807) is 6.20 Å². The summed E-state index contributed by atoms with van der Waals surface area (Å²) in [5.41, 5.74) is 6.43. The number of halogens is 2. The molecule has 0 saturated carbocycles. The van der Waals surface area contributed by atoms with Crippen molar-refractivity contribution in [3.8, 4) is 0 Å². The van der Waals surface area contributed by atoms with Crippen molar-refractivity contribution >= 4 is 36.5 Å². The number of anilines is 1. The third-order valence-electron chi connectivity index (χ3n) is 2.55. The minimum Gasteiger partial charge on any atom is -0.362 e. The van der Waals surface area contributed by atoms with Gasteiger partial charge < -0.3 is 16.0 Å². The second kappa shape index (κ2) is 9.83. The number of nitrogens with one attached hydrogen (secondary N) is 1. The fourth-order valence-corrected chi connectivity index (χ4v) is 1.43. The molecule has 5 nitrogen and oxygen atoms in total. The molecule has 0 saturated heterocycles. The highest BCUT2D eigenvalue weighted by atomic mass is 35.5. The van der Waals surface area contributed by atoms with Crippen LogP contribution >= 0.6 is 24.8 Å². The fourth-order valence-electron chi connectivity index (χ4n) is 1.43. The third-order valence-corrected chi connectivity index (χ3v) is 2.55. The molecule has 1 unspecified atom stereocenters. The van der Waals surface area contributed by atoms with Crippen LogP contribution in [0.2, 0.25) is 0 Å². The number of carbonyl (C=O) groups excluding carboxylic acids is 1. The Labute approximate surface area is 126 Å². The summed E-state index contributed by atoms with van der Waals surface area (Å²) in [5, 5.41) is 2.86. The lowest BCUT2D eigenvalue weighted by Crippen LogP contribution is -2.33. The zero-order chi connectivity index (χ0) is 12.8. The minimum absolute atomic E-state index is 0. The first-order chi connectivity index (χ1) is 8.06. The summed E-state index contributed by atoms with van der Waals surface area (Å²) in [7, 11) is 3.85. The fraction of sp³-hybridized carbons (Fsp3) is 0.500. The number of hydrogen-bond donors (Lipinski definition) is 2. The standard InChI is InChI=1S/C12H20N4O.2ClH/c1-9(7-13)12(17)15-8-10-5-4-6-14-11(10)16(2)3;;/h4-6,9H,7-8,13H2,1-3H3,(H,15,17);2*1H. The first kappa shape index (κ1) is 20.3. The van der Waals surface area contributed by atoms with Crippen molar-refractivity contribution in [3.05, 3.63) is 23.9 Å². The number of carbonyl (C=O) groups is 1. The third kappa shape index (κ3) is 6.09. The maximum absolute atomic E-state index is 11.6. The van der Waals surface area contributed by atoms with Gasteiger partial charge in [-0.1, -0.05) is 13.0 Å². The quantitative estimate of drug-likeness (QED) is 0.857. The van der Waals surface area contributed by atoms with E-state index < -0.39 is 0 Å². The largest absolute Gasteiger partial charge is 0.362 e. The molecule has 110 valence electrons. The number of hydrogen-bond acceptors (Lipinski definition) is 4. The van der Waals surface area contributed by atoms with Crippen molar-refractivity contribution in [1.82, 2.24) is 10.3 Å². The van der Waals surface area contributed by atoms with E-state index in [-0.39, 0.29) is 36.6 Å². The smallest absolute Gasteiger partial charge is 0.224 e. The van der Waals surface area contributed by atoms with Gasteiger partial charge in [-0.25, -0.2) is 4.98 Å². The first-order valence-electron chi connectivity index (χ1n) is 5.65. The Morgan fingerprint density at radius 2 is 2.11 bits per heavy atom. The van der Waals surface area contributed by atoms with Crippen LogP contribution < -0.4 is 16.0 Å². The first-order valence-corrected chi connectivity index (χ1v) is 5.65. The van der Waals surface area contributed by atoms with E-state index in [4.69, 9.17) is 5.73 Å². The van der Waals surface area contributed by atoms with Crippen LogP contribution in [0.3, 0.4) is 0 Å². The highest BCUT2D eigenvalue weighted by Gasteiger charge is 2.11. The summed E-state index contributed by atoms with van der Waals surface area (Å²) >= 11 is 0. The van der Waals surface area contributed by atoms with Crippen LogP contribution in [0.5, 0.6) is 0 Å². The van der Waals surface area contributed by atoms with Crippen molar-refractivity contribution in [2.24, 2.45) is 11.7 Å². The summed E-state index contributed by atoms with van der Waals surface area (Å²) in [5.74, 6) is 0.684. The number of amides is 1. The van der Waals surface area contributed by atoms with Gasteiger partial charge in [0, 0.05) is 44.9 Å². The normalized spacial score (nSPS) is 10.7. The van der Waals surface area contributed by atoms with Crippen LogP contribution in [0.15, 0.2) is 18.3 Å². The second-order valence-electron chi connectivity index (χ2n) is 4.24. The number of pyridine rings is 1. The molecule has 1 aromatic heterocycles. The Kier molecular flexibility index (Phi) is 10.5. The van der Waals surface area contributed by atoms with Gasteiger partial charge in [-0.2, -0.15) is 0 Å². The van der Waals surface area contributed by atoms with E-state index in [0.29, 0.717) is 13.1 Å². The number of aromatic nitrogens is 1. The predicted octanol–water partition coefficient (Wildman–Crippen LogP) is 1.20. The molecule has 0 bridgehead atoms. The average molecular weight is 309 g/mol. The lowest BCUT2D eigenvalue weighted by atomic mass is 10.1. The van der Waals surface area contributed by atoms with Crippen molar-refractivity contribution in [2.45, 2.75) is 13.5 Å². The van der Waals surface area contributed by atoms with Gasteiger partial charge in [-0.15, -0.1) is 24.8 Å². The van der Waals surface area contributed by atoms with Crippen LogP contribution in [0.25, 0.3) is 0 Å². The van der Waals surface area contributed by atoms with Crippen LogP contribution in [-0.4, -0.2) is 31.5 Å². The highest BCUT2D eigenvalue weighted by molar-refractivity contribution is 5.85. The Morgan fingerprint density at radius 3 is 2.63 bits per heavy atom. The molecule has 0 aliphatic carbocycles. The molecule has 0 radical (unpaired) electrons. The zero-order valence-corrected chi connectivity index (χ0v) is 13.1. The van der Waals surface area contributed by atoms with E-state index in [2.05, 4.69) is 10.3 Å². The molecule has 19 heavy (non-hydrogen) atoms. The van der Waals surface area contributed by atoms with Crippen molar-refractivity contribution in [1.29, 1.82) is 0 Å². The summed E-state index contributed by atoms with van der Waals surface area (Å²) in [6.07, 6.45) is 1.74. The van der Waals surface area contributed by atoms with Gasteiger partial charge in [0.2, 0.25) is 5.91 Å². The van der Waals surface area contributed by atoms with Crippen molar-refractivity contribution in [2.75, 3.05) is 25.5 Å². The topological polar surface area (TPSA) is 71.2 Å². The van der Waals surface area contributed by atoms with Gasteiger partial charge in [-0.3, -0.25) is 4.79 Å². The van der Waals surface area contributed by atoms with Gasteiger partial charge in [0.25, 0.3) is 0 Å². The summed E-state index contributed by atoms with van der Waals surface area (Å²) in [4.78, 5) is 17.8. The van der Waals surface area contributed by atoms with Gasteiger partial charge in [0.1, 0.15) is 5.82 Å². The SMILES string of the molecule is CC(CN)C(=O)NCc1cccnc1N(C)C.Cl.Cl. The average Bonchev–Trinajstić information content (AvgIpc) is 2.35. The summed E-state index contributed by atoms with van der Waals surface area (Å²) in [6, 6.07) is 3.82. The van der Waals surface area contributed by atoms with Crippen LogP contribution in [0, 0.1) is 5.92 Å². The van der Waals surface area contributed by atoms with Gasteiger partial charge in [0.05, 0.1) is 0 Å². The number of nitrogens with two attached hydrogens (primary N) is 1. The molecule has 1 atom stereocenters. The number of rotatable bonds is 5. The molecule has 1 aromatic rings. The molecule has 0 aromatic carbocycles. The van der Waals surface area contributed by atoms with Crippen molar-refractivity contribution in [3.63, 3.8) is 0 Å². The molecular formula is C12H22Cl2N4O. The van der Waals surface area contributed by atoms with E-state index in [0.717, 1.165) is 11.4 Å².